The van der Waals surface area contributed by atoms with Crippen LogP contribution in [-0.4, -0.2) is 17.4 Å². The lowest BCUT2D eigenvalue weighted by atomic mass is 10.2. The molecule has 1 aromatic rings. The second-order valence-corrected chi connectivity index (χ2v) is 4.04. The Labute approximate surface area is 107 Å². The zero-order valence-electron chi connectivity index (χ0n) is 10.3. The standard InChI is InChI=1S/C12H17N3OS/c1-5-6-13-12(17)15-14-9(3)11-7-8(2)16-10(11)4/h5,7H,1,6H2,2-4H3,(H2,13,15,17)/b14-9+. The molecule has 1 heterocycles. The van der Waals surface area contributed by atoms with E-state index in [1.807, 2.05) is 26.8 Å². The predicted molar refractivity (Wildman–Crippen MR) is 74.3 cm³/mol. The van der Waals surface area contributed by atoms with Crippen molar-refractivity contribution in [3.05, 3.63) is 35.8 Å². The lowest BCUT2D eigenvalue weighted by molar-refractivity contribution is 0.504. The van der Waals surface area contributed by atoms with Crippen molar-refractivity contribution in [2.75, 3.05) is 6.54 Å². The van der Waals surface area contributed by atoms with Crippen LogP contribution in [0.25, 0.3) is 0 Å². The maximum atomic E-state index is 5.44. The second kappa shape index (κ2) is 6.20. The minimum absolute atomic E-state index is 0.474. The summed E-state index contributed by atoms with van der Waals surface area (Å²) < 4.78 is 5.44. The fraction of sp³-hybridized carbons (Fsp3) is 0.333. The lowest BCUT2D eigenvalue weighted by Gasteiger charge is -2.05. The van der Waals surface area contributed by atoms with Crippen LogP contribution in [0.1, 0.15) is 24.0 Å². The topological polar surface area (TPSA) is 49.6 Å². The van der Waals surface area contributed by atoms with Gasteiger partial charge in [0.1, 0.15) is 11.5 Å². The van der Waals surface area contributed by atoms with Gasteiger partial charge < -0.3 is 9.73 Å². The first-order chi connectivity index (χ1) is 8.04. The van der Waals surface area contributed by atoms with Crippen molar-refractivity contribution in [3.8, 4) is 0 Å². The molecule has 0 aliphatic carbocycles. The molecule has 17 heavy (non-hydrogen) atoms. The van der Waals surface area contributed by atoms with Crippen LogP contribution in [0.2, 0.25) is 0 Å². The molecule has 1 rings (SSSR count). The number of nitrogens with one attached hydrogen (secondary N) is 2. The van der Waals surface area contributed by atoms with E-state index in [-0.39, 0.29) is 0 Å². The maximum absolute atomic E-state index is 5.44. The fourth-order valence-electron chi connectivity index (χ4n) is 1.39. The highest BCUT2D eigenvalue weighted by atomic mass is 32.1. The van der Waals surface area contributed by atoms with Gasteiger partial charge in [-0.2, -0.15) is 5.10 Å². The number of furan rings is 1. The summed E-state index contributed by atoms with van der Waals surface area (Å²) in [6, 6.07) is 1.95. The minimum Gasteiger partial charge on any atom is -0.466 e. The van der Waals surface area contributed by atoms with Gasteiger partial charge in [0.15, 0.2) is 5.11 Å². The number of hydrogen-bond acceptors (Lipinski definition) is 3. The first-order valence-corrected chi connectivity index (χ1v) is 5.72. The van der Waals surface area contributed by atoms with Gasteiger partial charge in [-0.3, -0.25) is 5.43 Å². The largest absolute Gasteiger partial charge is 0.466 e. The Kier molecular flexibility index (Phi) is 4.90. The number of rotatable bonds is 4. The van der Waals surface area contributed by atoms with Gasteiger partial charge in [-0.1, -0.05) is 6.08 Å². The molecule has 0 aliphatic rings. The molecule has 0 radical (unpaired) electrons. The van der Waals surface area contributed by atoms with Crippen LogP contribution >= 0.6 is 12.2 Å². The summed E-state index contributed by atoms with van der Waals surface area (Å²) in [5.74, 6) is 1.73. The summed E-state index contributed by atoms with van der Waals surface area (Å²) in [5, 5.41) is 7.59. The molecule has 0 bridgehead atoms. The van der Waals surface area contributed by atoms with Crippen molar-refractivity contribution in [1.29, 1.82) is 0 Å². The van der Waals surface area contributed by atoms with Crippen molar-refractivity contribution >= 4 is 23.0 Å². The van der Waals surface area contributed by atoms with E-state index >= 15 is 0 Å². The molecule has 0 atom stereocenters. The van der Waals surface area contributed by atoms with E-state index in [0.29, 0.717) is 11.7 Å². The Morgan fingerprint density at radius 1 is 1.59 bits per heavy atom. The molecule has 92 valence electrons. The van der Waals surface area contributed by atoms with E-state index in [1.165, 1.54) is 0 Å². The van der Waals surface area contributed by atoms with E-state index < -0.39 is 0 Å². The van der Waals surface area contributed by atoms with Gasteiger partial charge in [-0.25, -0.2) is 0 Å². The number of aryl methyl sites for hydroxylation is 2. The van der Waals surface area contributed by atoms with Gasteiger partial charge in [0, 0.05) is 12.1 Å². The molecule has 0 amide bonds. The molecule has 0 saturated carbocycles. The zero-order chi connectivity index (χ0) is 12.8. The summed E-state index contributed by atoms with van der Waals surface area (Å²) in [6.45, 7) is 9.93. The van der Waals surface area contributed by atoms with Crippen LogP contribution in [0.15, 0.2) is 28.2 Å². The summed E-state index contributed by atoms with van der Waals surface area (Å²) in [7, 11) is 0. The molecular formula is C12H17N3OS. The molecule has 0 saturated heterocycles. The Hall–Kier alpha value is -1.62. The molecular weight excluding hydrogens is 234 g/mol. The molecule has 4 nitrogen and oxygen atoms in total. The molecule has 0 spiro atoms. The van der Waals surface area contributed by atoms with Crippen LogP contribution in [0.4, 0.5) is 0 Å². The van der Waals surface area contributed by atoms with E-state index in [2.05, 4.69) is 22.4 Å². The van der Waals surface area contributed by atoms with Gasteiger partial charge in [-0.15, -0.1) is 6.58 Å². The normalized spacial score (nSPS) is 11.1. The second-order valence-electron chi connectivity index (χ2n) is 3.63. The van der Waals surface area contributed by atoms with Crippen LogP contribution < -0.4 is 10.7 Å². The molecule has 5 heteroatoms. The number of thiocarbonyl (C=S) groups is 1. The van der Waals surface area contributed by atoms with E-state index in [1.54, 1.807) is 6.08 Å². The molecule has 0 fully saturated rings. The Balaban J connectivity index is 2.63. The summed E-state index contributed by atoms with van der Waals surface area (Å²) in [4.78, 5) is 0. The number of nitrogens with zero attached hydrogens (tertiary/aromatic N) is 1. The molecule has 0 unspecified atom stereocenters. The van der Waals surface area contributed by atoms with E-state index in [0.717, 1.165) is 22.8 Å². The monoisotopic (exact) mass is 251 g/mol. The highest BCUT2D eigenvalue weighted by molar-refractivity contribution is 7.80. The smallest absolute Gasteiger partial charge is 0.187 e. The SMILES string of the molecule is C=CCNC(=S)N/N=C(\C)c1cc(C)oc1C. The van der Waals surface area contributed by atoms with Crippen molar-refractivity contribution in [3.63, 3.8) is 0 Å². The Morgan fingerprint density at radius 2 is 2.29 bits per heavy atom. The molecule has 0 aromatic carbocycles. The third-order valence-corrected chi connectivity index (χ3v) is 2.40. The van der Waals surface area contributed by atoms with Gasteiger partial charge in [0.25, 0.3) is 0 Å². The van der Waals surface area contributed by atoms with Gasteiger partial charge in [-0.05, 0) is 39.1 Å². The van der Waals surface area contributed by atoms with Crippen LogP contribution in [0.3, 0.4) is 0 Å². The fourth-order valence-corrected chi connectivity index (χ4v) is 1.52. The molecule has 1 aromatic heterocycles. The summed E-state index contributed by atoms with van der Waals surface area (Å²) in [6.07, 6.45) is 1.73. The van der Waals surface area contributed by atoms with Crippen LogP contribution in [0.5, 0.6) is 0 Å². The summed E-state index contributed by atoms with van der Waals surface area (Å²) in [5.41, 5.74) is 4.59. The number of hydrogen-bond donors (Lipinski definition) is 2. The average Bonchev–Trinajstić information content (AvgIpc) is 2.62. The van der Waals surface area contributed by atoms with Crippen LogP contribution in [-0.2, 0) is 0 Å². The summed E-state index contributed by atoms with van der Waals surface area (Å²) >= 11 is 5.03. The minimum atomic E-state index is 0.474. The predicted octanol–water partition coefficient (Wildman–Crippen LogP) is 2.27. The average molecular weight is 251 g/mol. The highest BCUT2D eigenvalue weighted by Crippen LogP contribution is 2.14. The van der Waals surface area contributed by atoms with Crippen molar-refractivity contribution < 1.29 is 4.42 Å². The molecule has 0 aliphatic heterocycles. The third kappa shape index (κ3) is 4.03. The van der Waals surface area contributed by atoms with Crippen molar-refractivity contribution in [2.24, 2.45) is 5.10 Å². The van der Waals surface area contributed by atoms with Crippen LogP contribution in [0, 0.1) is 13.8 Å². The van der Waals surface area contributed by atoms with E-state index in [9.17, 15) is 0 Å². The van der Waals surface area contributed by atoms with Crippen molar-refractivity contribution in [2.45, 2.75) is 20.8 Å². The maximum Gasteiger partial charge on any atom is 0.187 e. The quantitative estimate of drug-likeness (QED) is 0.373. The van der Waals surface area contributed by atoms with Gasteiger partial charge >= 0.3 is 0 Å². The highest BCUT2D eigenvalue weighted by Gasteiger charge is 2.07. The first kappa shape index (κ1) is 13.4. The van der Waals surface area contributed by atoms with Gasteiger partial charge in [0.2, 0.25) is 0 Å². The lowest BCUT2D eigenvalue weighted by Crippen LogP contribution is -2.32. The Morgan fingerprint density at radius 3 is 2.82 bits per heavy atom. The first-order valence-electron chi connectivity index (χ1n) is 5.31. The third-order valence-electron chi connectivity index (χ3n) is 2.16. The molecule has 2 N–H and O–H groups in total. The van der Waals surface area contributed by atoms with Crippen molar-refractivity contribution in [1.82, 2.24) is 10.7 Å². The zero-order valence-corrected chi connectivity index (χ0v) is 11.1. The Bertz CT molecular complexity index is 449. The van der Waals surface area contributed by atoms with E-state index in [4.69, 9.17) is 16.6 Å². The number of hydrazone groups is 1. The van der Waals surface area contributed by atoms with Gasteiger partial charge in [0.05, 0.1) is 5.71 Å².